The van der Waals surface area contributed by atoms with Crippen LogP contribution >= 0.6 is 0 Å². The lowest BCUT2D eigenvalue weighted by molar-refractivity contribution is -0.125. The van der Waals surface area contributed by atoms with E-state index in [4.69, 9.17) is 4.74 Å². The molecule has 0 aliphatic rings. The first kappa shape index (κ1) is 31.7. The van der Waals surface area contributed by atoms with Gasteiger partial charge in [-0.2, -0.15) is 0 Å². The van der Waals surface area contributed by atoms with E-state index in [2.05, 4.69) is 5.32 Å². The second kappa shape index (κ2) is 14.3. The van der Waals surface area contributed by atoms with Crippen molar-refractivity contribution in [3.8, 4) is 0 Å². The molecule has 0 spiro atoms. The summed E-state index contributed by atoms with van der Waals surface area (Å²) in [6.07, 6.45) is 3.04. The quantitative estimate of drug-likeness (QED) is 0.256. The van der Waals surface area contributed by atoms with Gasteiger partial charge >= 0.3 is 6.09 Å². The Hall–Kier alpha value is -5.19. The van der Waals surface area contributed by atoms with Crippen molar-refractivity contribution in [2.45, 2.75) is 32.0 Å². The van der Waals surface area contributed by atoms with Crippen LogP contribution in [0.1, 0.15) is 24.1 Å². The van der Waals surface area contributed by atoms with Crippen LogP contribution < -0.4 is 10.9 Å². The molecule has 0 bridgehead atoms. The Bertz CT molecular complexity index is 1730. The van der Waals surface area contributed by atoms with Gasteiger partial charge in [-0.1, -0.05) is 36.4 Å². The number of pyridine rings is 1. The molecule has 11 heteroatoms. The minimum Gasteiger partial charge on any atom is -0.436 e. The Morgan fingerprint density at radius 2 is 1.70 bits per heavy atom. The first-order valence-corrected chi connectivity index (χ1v) is 14.1. The number of ether oxygens (including phenoxy) is 1. The van der Waals surface area contributed by atoms with E-state index in [1.807, 2.05) is 41.0 Å². The number of carbonyl (C=O) groups is 3. The molecule has 0 aliphatic heterocycles. The Labute approximate surface area is 254 Å². The summed E-state index contributed by atoms with van der Waals surface area (Å²) in [5.41, 5.74) is 2.20. The summed E-state index contributed by atoms with van der Waals surface area (Å²) in [5.74, 6) is -1.24. The van der Waals surface area contributed by atoms with Crippen LogP contribution in [0.4, 0.5) is 14.9 Å². The molecule has 3 amide bonds. The van der Waals surface area contributed by atoms with Crippen LogP contribution in [0.25, 0.3) is 10.9 Å². The van der Waals surface area contributed by atoms with Crippen LogP contribution in [0.3, 0.4) is 0 Å². The van der Waals surface area contributed by atoms with Crippen molar-refractivity contribution in [3.05, 3.63) is 113 Å². The zero-order chi connectivity index (χ0) is 31.8. The number of rotatable bonds is 11. The predicted octanol–water partition coefficient (Wildman–Crippen LogP) is 4.47. The summed E-state index contributed by atoms with van der Waals surface area (Å²) in [6, 6.07) is 19.4. The molecule has 1 N–H and O–H groups in total. The van der Waals surface area contributed by atoms with E-state index >= 15 is 0 Å². The number of nitrogens with zero attached hydrogens (tertiary/aromatic N) is 4. The van der Waals surface area contributed by atoms with Gasteiger partial charge in [-0.15, -0.1) is 0 Å². The van der Waals surface area contributed by atoms with E-state index < -0.39 is 23.7 Å². The van der Waals surface area contributed by atoms with E-state index in [1.165, 1.54) is 52.7 Å². The minimum atomic E-state index is -1.21. The number of allylic oxidation sites excluding steroid dienone is 1. The van der Waals surface area contributed by atoms with Gasteiger partial charge in [0.2, 0.25) is 5.91 Å². The monoisotopic (exact) mass is 601 g/mol. The van der Waals surface area contributed by atoms with Crippen molar-refractivity contribution in [2.75, 3.05) is 33.5 Å². The SMILES string of the molecule is CN(C)C(=O)/C=C/CCC(OC(=O)N(C)C)C(=O)Nc1cccn(Cc2cc3cc(F)ccc3n2Cc2ccccc2)c1=O. The minimum absolute atomic E-state index is 0.0125. The molecule has 0 radical (unpaired) electrons. The highest BCUT2D eigenvalue weighted by Crippen LogP contribution is 2.23. The number of likely N-dealkylation sites (N-methyl/N-ethyl adjacent to an activating group) is 1. The number of carbonyl (C=O) groups excluding carboxylic acids is 3. The van der Waals surface area contributed by atoms with E-state index in [1.54, 1.807) is 38.5 Å². The average Bonchev–Trinajstić information content (AvgIpc) is 3.31. The van der Waals surface area contributed by atoms with Gasteiger partial charge in [-0.05, 0) is 60.9 Å². The fourth-order valence-electron chi connectivity index (χ4n) is 4.58. The summed E-state index contributed by atoms with van der Waals surface area (Å²) in [6.45, 7) is 0.680. The third-order valence-corrected chi connectivity index (χ3v) is 6.94. The summed E-state index contributed by atoms with van der Waals surface area (Å²) in [7, 11) is 6.23. The summed E-state index contributed by atoms with van der Waals surface area (Å²) in [5, 5.41) is 3.32. The van der Waals surface area contributed by atoms with Gasteiger partial charge in [0.25, 0.3) is 11.5 Å². The normalized spacial score (nSPS) is 11.8. The fourth-order valence-corrected chi connectivity index (χ4v) is 4.58. The van der Waals surface area contributed by atoms with E-state index in [-0.39, 0.29) is 36.8 Å². The van der Waals surface area contributed by atoms with Crippen LogP contribution in [0.5, 0.6) is 0 Å². The third kappa shape index (κ3) is 8.00. The first-order valence-electron chi connectivity index (χ1n) is 14.1. The highest BCUT2D eigenvalue weighted by atomic mass is 19.1. The lowest BCUT2D eigenvalue weighted by Crippen LogP contribution is -2.37. The number of benzene rings is 2. The molecule has 0 saturated heterocycles. The van der Waals surface area contributed by atoms with Crippen LogP contribution in [0, 0.1) is 5.82 Å². The van der Waals surface area contributed by atoms with Crippen LogP contribution in [0.2, 0.25) is 0 Å². The highest BCUT2D eigenvalue weighted by Gasteiger charge is 2.24. The topological polar surface area (TPSA) is 106 Å². The second-order valence-corrected chi connectivity index (χ2v) is 10.7. The predicted molar refractivity (Wildman–Crippen MR) is 167 cm³/mol. The number of fused-ring (bicyclic) bond motifs is 1. The molecular weight excluding hydrogens is 565 g/mol. The molecule has 0 saturated carbocycles. The van der Waals surface area contributed by atoms with Gasteiger partial charge in [0.15, 0.2) is 6.10 Å². The van der Waals surface area contributed by atoms with Crippen molar-refractivity contribution in [2.24, 2.45) is 0 Å². The Balaban J connectivity index is 1.57. The maximum atomic E-state index is 14.1. The largest absolute Gasteiger partial charge is 0.436 e. The Morgan fingerprint density at radius 3 is 2.41 bits per heavy atom. The van der Waals surface area contributed by atoms with Gasteiger partial charge < -0.3 is 29.0 Å². The number of hydrogen-bond donors (Lipinski definition) is 1. The molecule has 4 aromatic rings. The van der Waals surface area contributed by atoms with Gasteiger partial charge in [-0.3, -0.25) is 14.4 Å². The number of amides is 3. The van der Waals surface area contributed by atoms with Crippen molar-refractivity contribution in [3.63, 3.8) is 0 Å². The van der Waals surface area contributed by atoms with Crippen molar-refractivity contribution in [1.29, 1.82) is 0 Å². The van der Waals surface area contributed by atoms with Crippen LogP contribution in [0.15, 0.2) is 89.9 Å². The summed E-state index contributed by atoms with van der Waals surface area (Å²) < 4.78 is 22.9. The summed E-state index contributed by atoms with van der Waals surface area (Å²) in [4.78, 5) is 53.5. The molecule has 2 aromatic heterocycles. The molecule has 4 rings (SSSR count). The molecule has 2 aromatic carbocycles. The van der Waals surface area contributed by atoms with Gasteiger partial charge in [-0.25, -0.2) is 9.18 Å². The number of hydrogen-bond acceptors (Lipinski definition) is 5. The molecule has 0 aliphatic carbocycles. The third-order valence-electron chi connectivity index (χ3n) is 6.94. The molecule has 44 heavy (non-hydrogen) atoms. The van der Waals surface area contributed by atoms with Crippen molar-refractivity contribution >= 4 is 34.5 Å². The van der Waals surface area contributed by atoms with Crippen molar-refractivity contribution in [1.82, 2.24) is 18.9 Å². The standard InChI is InChI=1S/C33H36FN5O5/c1-36(2)30(40)15-9-8-14-29(44-33(43)37(3)4)31(41)35-27-13-10-18-38(32(27)42)22-26-20-24-19-25(34)16-17-28(24)39(26)21-23-11-6-5-7-12-23/h5-7,9-13,15-20,29H,8,14,21-22H2,1-4H3,(H,35,41)/b15-9+. The number of nitrogens with one attached hydrogen (secondary N) is 1. The van der Waals surface area contributed by atoms with Crippen LogP contribution in [-0.2, 0) is 27.4 Å². The smallest absolute Gasteiger partial charge is 0.410 e. The molecule has 230 valence electrons. The maximum Gasteiger partial charge on any atom is 0.410 e. The maximum absolute atomic E-state index is 14.1. The van der Waals surface area contributed by atoms with Crippen molar-refractivity contribution < 1.29 is 23.5 Å². The Kier molecular flexibility index (Phi) is 10.3. The highest BCUT2D eigenvalue weighted by molar-refractivity contribution is 5.95. The zero-order valence-electron chi connectivity index (χ0n) is 25.2. The number of halogens is 1. The lowest BCUT2D eigenvalue weighted by Gasteiger charge is -2.20. The van der Waals surface area contributed by atoms with Gasteiger partial charge in [0, 0.05) is 57.5 Å². The number of anilines is 1. The molecule has 10 nitrogen and oxygen atoms in total. The lowest BCUT2D eigenvalue weighted by atomic mass is 10.1. The van der Waals surface area contributed by atoms with Gasteiger partial charge in [0.1, 0.15) is 11.5 Å². The summed E-state index contributed by atoms with van der Waals surface area (Å²) >= 11 is 0. The fraction of sp³-hybridized carbons (Fsp3) is 0.273. The van der Waals surface area contributed by atoms with E-state index in [0.717, 1.165) is 16.8 Å². The average molecular weight is 602 g/mol. The zero-order valence-corrected chi connectivity index (χ0v) is 25.2. The van der Waals surface area contributed by atoms with E-state index in [9.17, 15) is 23.6 Å². The molecule has 0 fully saturated rings. The van der Waals surface area contributed by atoms with E-state index in [0.29, 0.717) is 11.9 Å². The van der Waals surface area contributed by atoms with Gasteiger partial charge in [0.05, 0.1) is 6.54 Å². The Morgan fingerprint density at radius 1 is 0.955 bits per heavy atom. The molecule has 1 atom stereocenters. The molecule has 2 heterocycles. The second-order valence-electron chi connectivity index (χ2n) is 10.7. The number of aromatic nitrogens is 2. The molecular formula is C33H36FN5O5. The molecule has 1 unspecified atom stereocenters. The first-order chi connectivity index (χ1) is 21.0. The van der Waals surface area contributed by atoms with Crippen LogP contribution in [-0.4, -0.2) is 71.1 Å².